The fourth-order valence-corrected chi connectivity index (χ4v) is 9.70. The average molecular weight is 547 g/mol. The molecule has 0 amide bonds. The number of rotatable bonds is 5. The molecule has 0 bridgehead atoms. The summed E-state index contributed by atoms with van der Waals surface area (Å²) in [5.74, 6) is 0. The van der Waals surface area contributed by atoms with Gasteiger partial charge in [-0.15, -0.1) is 0 Å². The number of halogens is 2. The van der Waals surface area contributed by atoms with Gasteiger partial charge >= 0.3 is 0 Å². The molecule has 0 unspecified atom stereocenters. The van der Waals surface area contributed by atoms with E-state index < -0.39 is 7.36 Å². The van der Waals surface area contributed by atoms with Crippen molar-refractivity contribution >= 4 is 41.5 Å². The molecule has 0 spiro atoms. The summed E-state index contributed by atoms with van der Waals surface area (Å²) < 4.78 is 24.6. The van der Waals surface area contributed by atoms with Crippen LogP contribution in [0.3, 0.4) is 0 Å². The minimum Gasteiger partial charge on any atom is -0.379 e. The first kappa shape index (κ1) is 26.0. The highest BCUT2D eigenvalue weighted by molar-refractivity contribution is 7.69. The minimum absolute atomic E-state index is 0.609. The number of aryl methyl sites for hydroxylation is 2. The van der Waals surface area contributed by atoms with Crippen molar-refractivity contribution in [1.29, 1.82) is 0 Å². The SMILES string of the molecule is Cc1ccc(-n2c(C)cc(P(=Nc3cc(Cl)ccc3Cl)(N3CCOCC3)N3CCOCC3)c2C)cc1. The molecule has 2 saturated heterocycles. The largest absolute Gasteiger partial charge is 0.379 e. The van der Waals surface area contributed by atoms with Gasteiger partial charge in [0.15, 0.2) is 0 Å². The molecule has 2 fully saturated rings. The molecule has 9 heteroatoms. The van der Waals surface area contributed by atoms with Gasteiger partial charge in [0.2, 0.25) is 0 Å². The van der Waals surface area contributed by atoms with Crippen LogP contribution in [-0.4, -0.2) is 66.5 Å². The summed E-state index contributed by atoms with van der Waals surface area (Å²) in [4.78, 5) is 0. The lowest BCUT2D eigenvalue weighted by atomic mass is 10.2. The molecule has 2 aromatic carbocycles. The smallest absolute Gasteiger partial charge is 0.134 e. The van der Waals surface area contributed by atoms with Crippen LogP contribution in [-0.2, 0) is 9.47 Å². The molecule has 5 rings (SSSR count). The molecule has 36 heavy (non-hydrogen) atoms. The molecule has 0 aliphatic carbocycles. The maximum atomic E-state index is 6.73. The van der Waals surface area contributed by atoms with E-state index >= 15 is 0 Å². The van der Waals surface area contributed by atoms with E-state index in [-0.39, 0.29) is 0 Å². The first-order valence-corrected chi connectivity index (χ1v) is 14.8. The number of nitrogens with zero attached hydrogens (tertiary/aromatic N) is 4. The third-order valence-electron chi connectivity index (χ3n) is 6.94. The zero-order chi connectivity index (χ0) is 25.3. The summed E-state index contributed by atoms with van der Waals surface area (Å²) in [5.41, 5.74) is 5.52. The summed E-state index contributed by atoms with van der Waals surface area (Å²) in [6, 6.07) is 16.6. The van der Waals surface area contributed by atoms with Gasteiger partial charge in [-0.05, 0) is 57.2 Å². The van der Waals surface area contributed by atoms with E-state index in [4.69, 9.17) is 37.4 Å². The third-order valence-corrected chi connectivity index (χ3v) is 11.5. The minimum atomic E-state index is -2.47. The number of ether oxygens (including phenoxy) is 2. The van der Waals surface area contributed by atoms with Gasteiger partial charge in [-0.2, -0.15) is 0 Å². The van der Waals surface area contributed by atoms with Gasteiger partial charge in [0, 0.05) is 53.6 Å². The van der Waals surface area contributed by atoms with Crippen LogP contribution in [0.15, 0.2) is 53.3 Å². The quantitative estimate of drug-likeness (QED) is 0.349. The van der Waals surface area contributed by atoms with E-state index in [1.54, 1.807) is 0 Å². The van der Waals surface area contributed by atoms with E-state index in [0.29, 0.717) is 36.5 Å². The lowest BCUT2D eigenvalue weighted by Crippen LogP contribution is -2.46. The molecular weight excluding hydrogens is 514 g/mol. The van der Waals surface area contributed by atoms with Crippen molar-refractivity contribution < 1.29 is 9.47 Å². The van der Waals surface area contributed by atoms with Gasteiger partial charge in [-0.1, -0.05) is 40.9 Å². The number of aromatic nitrogens is 1. The van der Waals surface area contributed by atoms with Crippen molar-refractivity contribution in [1.82, 2.24) is 13.9 Å². The van der Waals surface area contributed by atoms with E-state index in [1.807, 2.05) is 18.2 Å². The van der Waals surface area contributed by atoms with Crippen molar-refractivity contribution in [3.05, 3.63) is 75.5 Å². The lowest BCUT2D eigenvalue weighted by Gasteiger charge is -2.46. The van der Waals surface area contributed by atoms with Crippen LogP contribution in [0.4, 0.5) is 5.69 Å². The molecule has 3 heterocycles. The van der Waals surface area contributed by atoms with Crippen molar-refractivity contribution in [2.75, 3.05) is 52.6 Å². The van der Waals surface area contributed by atoms with E-state index in [1.165, 1.54) is 22.3 Å². The van der Waals surface area contributed by atoms with Gasteiger partial charge in [0.1, 0.15) is 7.36 Å². The molecule has 192 valence electrons. The molecule has 0 N–H and O–H groups in total. The molecule has 0 saturated carbocycles. The third kappa shape index (κ3) is 4.93. The summed E-state index contributed by atoms with van der Waals surface area (Å²) in [5, 5.41) is 2.49. The van der Waals surface area contributed by atoms with Crippen LogP contribution in [0, 0.1) is 20.8 Å². The highest BCUT2D eigenvalue weighted by atomic mass is 35.5. The standard InChI is InChI=1S/C27H33Cl2N4O2P/c1-20-4-7-24(8-5-20)33-21(2)18-27(22(33)3)36(31-10-14-34-15-11-31,32-12-16-35-17-13-32)30-26-19-23(28)6-9-25(26)29/h4-9,18-19H,10-17H2,1-3H3. The second-order valence-corrected chi connectivity index (χ2v) is 13.1. The van der Waals surface area contributed by atoms with Crippen molar-refractivity contribution in [2.24, 2.45) is 4.74 Å². The Morgan fingerprint density at radius 1 is 0.778 bits per heavy atom. The number of benzene rings is 2. The highest BCUT2D eigenvalue weighted by Crippen LogP contribution is 2.59. The molecule has 1 aromatic heterocycles. The predicted octanol–water partition coefficient (Wildman–Crippen LogP) is 6.36. The van der Waals surface area contributed by atoms with Gasteiger partial charge in [-0.25, -0.2) is 14.1 Å². The van der Waals surface area contributed by atoms with Crippen molar-refractivity contribution in [3.8, 4) is 5.69 Å². The fourth-order valence-electron chi connectivity index (χ4n) is 5.18. The molecule has 0 atom stereocenters. The van der Waals surface area contributed by atoms with Crippen LogP contribution in [0.25, 0.3) is 5.69 Å². The molecule has 6 nitrogen and oxygen atoms in total. The van der Waals surface area contributed by atoms with Crippen molar-refractivity contribution in [2.45, 2.75) is 20.8 Å². The summed E-state index contributed by atoms with van der Waals surface area (Å²) in [7, 11) is -2.47. The Morgan fingerprint density at radius 2 is 1.36 bits per heavy atom. The Kier molecular flexibility index (Phi) is 7.95. The predicted molar refractivity (Wildman–Crippen MR) is 150 cm³/mol. The first-order chi connectivity index (χ1) is 17.4. The van der Waals surface area contributed by atoms with E-state index in [0.717, 1.165) is 37.6 Å². The maximum absolute atomic E-state index is 6.73. The zero-order valence-electron chi connectivity index (χ0n) is 21.1. The van der Waals surface area contributed by atoms with Crippen LogP contribution in [0.2, 0.25) is 10.0 Å². The molecular formula is C27H33Cl2N4O2P. The monoisotopic (exact) mass is 546 g/mol. The van der Waals surface area contributed by atoms with E-state index in [2.05, 4.69) is 65.0 Å². The van der Waals surface area contributed by atoms with Crippen LogP contribution < -0.4 is 5.30 Å². The Balaban J connectivity index is 1.80. The highest BCUT2D eigenvalue weighted by Gasteiger charge is 2.41. The fraction of sp³-hybridized carbons (Fsp3) is 0.407. The lowest BCUT2D eigenvalue weighted by molar-refractivity contribution is 0.0579. The Labute approximate surface area is 223 Å². The average Bonchev–Trinajstić information content (AvgIpc) is 3.20. The number of hydrogen-bond acceptors (Lipinski definition) is 3. The molecule has 2 aliphatic rings. The maximum Gasteiger partial charge on any atom is 0.134 e. The van der Waals surface area contributed by atoms with E-state index in [9.17, 15) is 0 Å². The molecule has 2 aliphatic heterocycles. The summed E-state index contributed by atoms with van der Waals surface area (Å²) in [6.07, 6.45) is 0. The number of morpholine rings is 2. The number of hydrogen-bond donors (Lipinski definition) is 0. The second-order valence-electron chi connectivity index (χ2n) is 9.32. The van der Waals surface area contributed by atoms with Crippen LogP contribution in [0.5, 0.6) is 0 Å². The summed E-state index contributed by atoms with van der Waals surface area (Å²) in [6.45, 7) is 12.5. The summed E-state index contributed by atoms with van der Waals surface area (Å²) >= 11 is 13.2. The van der Waals surface area contributed by atoms with Crippen molar-refractivity contribution in [3.63, 3.8) is 0 Å². The molecule has 0 radical (unpaired) electrons. The first-order valence-electron chi connectivity index (χ1n) is 12.4. The Bertz CT molecular complexity index is 1260. The zero-order valence-corrected chi connectivity index (χ0v) is 23.5. The normalized spacial score (nSPS) is 17.9. The van der Waals surface area contributed by atoms with Crippen LogP contribution >= 0.6 is 30.6 Å². The van der Waals surface area contributed by atoms with Gasteiger partial charge in [0.25, 0.3) is 0 Å². The Hall–Kier alpha value is -1.63. The van der Waals surface area contributed by atoms with Gasteiger partial charge in [0.05, 0.1) is 37.1 Å². The second kappa shape index (κ2) is 11.0. The molecule has 3 aromatic rings. The van der Waals surface area contributed by atoms with Crippen LogP contribution in [0.1, 0.15) is 17.0 Å². The van der Waals surface area contributed by atoms with Gasteiger partial charge in [-0.3, -0.25) is 0 Å². The Morgan fingerprint density at radius 3 is 1.94 bits per heavy atom. The van der Waals surface area contributed by atoms with Gasteiger partial charge < -0.3 is 14.0 Å². The topological polar surface area (TPSA) is 42.2 Å².